The Morgan fingerprint density at radius 3 is 3.04 bits per heavy atom. The Morgan fingerprint density at radius 1 is 1.61 bits per heavy atom. The second kappa shape index (κ2) is 5.20. The molecular formula is C14H15FN4O4. The number of anilines is 1. The zero-order chi connectivity index (χ0) is 16.8. The summed E-state index contributed by atoms with van der Waals surface area (Å²) in [5.74, 6) is -1.90. The van der Waals surface area contributed by atoms with Crippen molar-refractivity contribution < 1.29 is 23.8 Å². The number of carbonyl (C=O) groups excluding carboxylic acids is 1. The fraction of sp³-hybridized carbons (Fsp3) is 0.357. The lowest BCUT2D eigenvalue weighted by Crippen LogP contribution is -2.56. The van der Waals surface area contributed by atoms with Gasteiger partial charge in [0.1, 0.15) is 11.4 Å². The van der Waals surface area contributed by atoms with Crippen LogP contribution in [-0.2, 0) is 15.1 Å². The van der Waals surface area contributed by atoms with Gasteiger partial charge in [-0.2, -0.15) is 0 Å². The summed E-state index contributed by atoms with van der Waals surface area (Å²) in [6, 6.07) is 3.99. The monoisotopic (exact) mass is 322 g/mol. The maximum absolute atomic E-state index is 14.4. The number of ether oxygens (including phenoxy) is 1. The minimum atomic E-state index is -1.37. The molecule has 122 valence electrons. The first kappa shape index (κ1) is 15.2. The van der Waals surface area contributed by atoms with Gasteiger partial charge in [-0.25, -0.2) is 14.2 Å². The van der Waals surface area contributed by atoms with Gasteiger partial charge in [0.05, 0.1) is 19.1 Å². The molecule has 4 N–H and O–H groups in total. The number of nitrogens with two attached hydrogens (primary N) is 1. The van der Waals surface area contributed by atoms with Gasteiger partial charge in [0.25, 0.3) is 0 Å². The van der Waals surface area contributed by atoms with Crippen LogP contribution in [0.25, 0.3) is 0 Å². The van der Waals surface area contributed by atoms with Crippen LogP contribution in [0.4, 0.5) is 14.9 Å². The number of carbonyl (C=O) groups is 2. The van der Waals surface area contributed by atoms with Crippen LogP contribution in [0, 0.1) is 11.7 Å². The average Bonchev–Trinajstić information content (AvgIpc) is 2.91. The number of fused-ring (bicyclic) bond motifs is 1. The van der Waals surface area contributed by atoms with Crippen molar-refractivity contribution >= 4 is 23.6 Å². The summed E-state index contributed by atoms with van der Waals surface area (Å²) in [6.07, 6.45) is -1.37. The van der Waals surface area contributed by atoms with E-state index in [1.165, 1.54) is 25.2 Å². The molecule has 0 spiro atoms. The van der Waals surface area contributed by atoms with Crippen LogP contribution in [0.15, 0.2) is 23.2 Å². The Kier molecular flexibility index (Phi) is 3.44. The summed E-state index contributed by atoms with van der Waals surface area (Å²) < 4.78 is 19.7. The highest BCUT2D eigenvalue weighted by molar-refractivity contribution is 6.05. The maximum Gasteiger partial charge on any atom is 0.411 e. The summed E-state index contributed by atoms with van der Waals surface area (Å²) >= 11 is 0. The molecule has 0 saturated carbocycles. The molecule has 0 radical (unpaired) electrons. The third-order valence-corrected chi connectivity index (χ3v) is 4.11. The van der Waals surface area contributed by atoms with Gasteiger partial charge in [0.2, 0.25) is 11.9 Å². The number of nitrogen functional groups attached to an aromatic ring is 1. The molecule has 2 atom stereocenters. The van der Waals surface area contributed by atoms with Crippen LogP contribution >= 0.6 is 0 Å². The van der Waals surface area contributed by atoms with E-state index in [2.05, 4.69) is 10.3 Å². The van der Waals surface area contributed by atoms with Crippen molar-refractivity contribution in [1.29, 1.82) is 0 Å². The van der Waals surface area contributed by atoms with Crippen LogP contribution in [-0.4, -0.2) is 48.2 Å². The fourth-order valence-electron chi connectivity index (χ4n) is 2.97. The molecule has 3 rings (SSSR count). The molecule has 2 aliphatic rings. The number of hydrogen-bond donors (Lipinski definition) is 3. The van der Waals surface area contributed by atoms with Gasteiger partial charge in [0, 0.05) is 18.3 Å². The van der Waals surface area contributed by atoms with Crippen LogP contribution in [0.3, 0.4) is 0 Å². The first-order valence-corrected chi connectivity index (χ1v) is 6.86. The molecule has 0 bridgehead atoms. The lowest BCUT2D eigenvalue weighted by atomic mass is 9.79. The molecular weight excluding hydrogens is 307 g/mol. The molecule has 9 heteroatoms. The highest BCUT2D eigenvalue weighted by atomic mass is 19.1. The quantitative estimate of drug-likeness (QED) is 0.645. The second-order valence-electron chi connectivity index (χ2n) is 5.49. The van der Waals surface area contributed by atoms with Gasteiger partial charge >= 0.3 is 6.09 Å². The zero-order valence-electron chi connectivity index (χ0n) is 12.2. The van der Waals surface area contributed by atoms with Crippen molar-refractivity contribution in [1.82, 2.24) is 10.2 Å². The van der Waals surface area contributed by atoms with Crippen LogP contribution in [0.1, 0.15) is 5.56 Å². The lowest BCUT2D eigenvalue weighted by molar-refractivity contribution is -0.133. The Labute approximate surface area is 130 Å². The van der Waals surface area contributed by atoms with Crippen LogP contribution < -0.4 is 11.1 Å². The largest absolute Gasteiger partial charge is 0.465 e. The van der Waals surface area contributed by atoms with Gasteiger partial charge in [-0.3, -0.25) is 15.0 Å². The van der Waals surface area contributed by atoms with E-state index in [1.54, 1.807) is 0 Å². The van der Waals surface area contributed by atoms with E-state index in [0.717, 1.165) is 4.90 Å². The van der Waals surface area contributed by atoms with Gasteiger partial charge in [0.15, 0.2) is 0 Å². The molecule has 2 heterocycles. The van der Waals surface area contributed by atoms with Crippen LogP contribution in [0.5, 0.6) is 0 Å². The summed E-state index contributed by atoms with van der Waals surface area (Å²) in [5.41, 5.74) is 4.83. The number of amides is 2. The normalized spacial score (nSPS) is 26.7. The highest BCUT2D eigenvalue weighted by Crippen LogP contribution is 2.44. The molecule has 0 aromatic heterocycles. The van der Waals surface area contributed by atoms with E-state index < -0.39 is 29.3 Å². The molecule has 1 aromatic carbocycles. The number of halogens is 1. The van der Waals surface area contributed by atoms with Crippen molar-refractivity contribution in [2.75, 3.05) is 26.0 Å². The Morgan fingerprint density at radius 2 is 2.35 bits per heavy atom. The molecule has 2 aliphatic heterocycles. The predicted octanol–water partition coefficient (Wildman–Crippen LogP) is 0.345. The maximum atomic E-state index is 14.4. The van der Waals surface area contributed by atoms with Gasteiger partial charge in [-0.15, -0.1) is 0 Å². The Balaban J connectivity index is 2.20. The van der Waals surface area contributed by atoms with Crippen molar-refractivity contribution in [2.24, 2.45) is 10.9 Å². The number of nitrogens with one attached hydrogen (secondary N) is 1. The fourth-order valence-corrected chi connectivity index (χ4v) is 2.97. The smallest absolute Gasteiger partial charge is 0.411 e. The van der Waals surface area contributed by atoms with Crippen molar-refractivity contribution in [3.8, 4) is 0 Å². The Bertz CT molecular complexity index is 723. The standard InChI is InChI=1S/C14H15FN4O4/c1-19-11(20)9-5-23-6-14(9,18-12(19)17-13(21)22)8-4-7(16)2-3-10(8)15/h2-4,9H,5-6,16H2,1H3,(H,17,18)(H,21,22). The third kappa shape index (κ3) is 2.29. The SMILES string of the molecule is CN1C(=O)C2COCC2(c2cc(N)ccc2F)N=C1NC(=O)O. The van der Waals surface area contributed by atoms with Gasteiger partial charge < -0.3 is 15.6 Å². The third-order valence-electron chi connectivity index (χ3n) is 4.11. The lowest BCUT2D eigenvalue weighted by Gasteiger charge is -2.38. The first-order valence-electron chi connectivity index (χ1n) is 6.86. The predicted molar refractivity (Wildman–Crippen MR) is 78.2 cm³/mol. The van der Waals surface area contributed by atoms with E-state index in [0.29, 0.717) is 5.69 Å². The van der Waals surface area contributed by atoms with Crippen molar-refractivity contribution in [2.45, 2.75) is 5.54 Å². The number of aliphatic imine (C=N–C) groups is 1. The van der Waals surface area contributed by atoms with Crippen LogP contribution in [0.2, 0.25) is 0 Å². The minimum absolute atomic E-state index is 0.0393. The molecule has 1 aromatic rings. The van der Waals surface area contributed by atoms with E-state index in [-0.39, 0.29) is 24.7 Å². The van der Waals surface area contributed by atoms with E-state index >= 15 is 0 Å². The molecule has 1 fully saturated rings. The highest BCUT2D eigenvalue weighted by Gasteiger charge is 2.55. The number of carboxylic acid groups (broad SMARTS) is 1. The number of hydrogen-bond acceptors (Lipinski definition) is 5. The topological polar surface area (TPSA) is 117 Å². The summed E-state index contributed by atoms with van der Waals surface area (Å²) in [6.45, 7) is 0.0314. The van der Waals surface area contributed by atoms with E-state index in [1.807, 2.05) is 0 Å². The van der Waals surface area contributed by atoms with Crippen molar-refractivity contribution in [3.05, 3.63) is 29.6 Å². The summed E-state index contributed by atoms with van der Waals surface area (Å²) in [5, 5.41) is 11.0. The average molecular weight is 322 g/mol. The summed E-state index contributed by atoms with van der Waals surface area (Å²) in [4.78, 5) is 28.9. The second-order valence-corrected chi connectivity index (χ2v) is 5.49. The molecule has 23 heavy (non-hydrogen) atoms. The number of rotatable bonds is 1. The summed E-state index contributed by atoms with van der Waals surface area (Å²) in [7, 11) is 1.40. The zero-order valence-corrected chi connectivity index (χ0v) is 12.2. The molecule has 0 aliphatic carbocycles. The number of benzene rings is 1. The Hall–Kier alpha value is -2.68. The molecule has 2 amide bonds. The number of nitrogens with zero attached hydrogens (tertiary/aromatic N) is 2. The van der Waals surface area contributed by atoms with E-state index in [4.69, 9.17) is 15.6 Å². The molecule has 1 saturated heterocycles. The minimum Gasteiger partial charge on any atom is -0.465 e. The first-order chi connectivity index (χ1) is 10.8. The number of guanidine groups is 1. The van der Waals surface area contributed by atoms with Gasteiger partial charge in [-0.05, 0) is 18.2 Å². The van der Waals surface area contributed by atoms with Crippen molar-refractivity contribution in [3.63, 3.8) is 0 Å². The van der Waals surface area contributed by atoms with Gasteiger partial charge in [-0.1, -0.05) is 0 Å². The molecule has 8 nitrogen and oxygen atoms in total. The van der Waals surface area contributed by atoms with E-state index in [9.17, 15) is 14.0 Å². The molecule has 2 unspecified atom stereocenters.